The first-order chi connectivity index (χ1) is 22.2. The van der Waals surface area contributed by atoms with Gasteiger partial charge in [0.25, 0.3) is 22.4 Å². The number of nitrogens with one attached hydrogen (secondary N) is 1. The Hall–Kier alpha value is -4.58. The van der Waals surface area contributed by atoms with E-state index in [9.17, 15) is 32.0 Å². The lowest BCUT2D eigenvalue weighted by Crippen LogP contribution is -2.49. The fourth-order valence-electron chi connectivity index (χ4n) is 6.21. The van der Waals surface area contributed by atoms with Crippen LogP contribution in [0.4, 0.5) is 8.78 Å². The van der Waals surface area contributed by atoms with Gasteiger partial charge in [0.05, 0.1) is 27.6 Å². The van der Waals surface area contributed by atoms with Crippen molar-refractivity contribution in [3.63, 3.8) is 0 Å². The summed E-state index contributed by atoms with van der Waals surface area (Å²) in [6.07, 6.45) is -1.94. The zero-order chi connectivity index (χ0) is 32.4. The molecule has 2 atom stereocenters. The number of hydrogen-bond acceptors (Lipinski definition) is 8. The second-order valence-corrected chi connectivity index (χ2v) is 13.0. The van der Waals surface area contributed by atoms with Crippen LogP contribution in [0.1, 0.15) is 23.6 Å². The second-order valence-electron chi connectivity index (χ2n) is 11.2. The first kappa shape index (κ1) is 31.4. The van der Waals surface area contributed by atoms with Gasteiger partial charge < -0.3 is 15.0 Å². The second kappa shape index (κ2) is 13.0. The average molecular weight is 651 g/mol. The molecule has 46 heavy (non-hydrogen) atoms. The van der Waals surface area contributed by atoms with Crippen molar-refractivity contribution < 1.29 is 26.7 Å². The molecule has 1 N–H and O–H groups in total. The quantitative estimate of drug-likeness (QED) is 0.293. The lowest BCUT2D eigenvalue weighted by Gasteiger charge is -2.33. The Morgan fingerprint density at radius 1 is 1.00 bits per heavy atom. The Balaban J connectivity index is 1.46. The third-order valence-corrected chi connectivity index (χ3v) is 10.2. The molecule has 4 aromatic rings. The van der Waals surface area contributed by atoms with Gasteiger partial charge in [0.1, 0.15) is 18.4 Å². The molecule has 6 rings (SSSR count). The van der Waals surface area contributed by atoms with Crippen LogP contribution in [0.2, 0.25) is 0 Å². The molecule has 2 unspecified atom stereocenters. The lowest BCUT2D eigenvalue weighted by molar-refractivity contribution is -0.132. The molecule has 3 heterocycles. The van der Waals surface area contributed by atoms with Crippen LogP contribution in [-0.4, -0.2) is 91.0 Å². The smallest absolute Gasteiger partial charge is 0.344 e. The number of carbonyl (C=O) groups is 1. The summed E-state index contributed by atoms with van der Waals surface area (Å²) in [7, 11) is -4.57. The Bertz CT molecular complexity index is 1930. The number of halogens is 2. The molecule has 0 radical (unpaired) electrons. The summed E-state index contributed by atoms with van der Waals surface area (Å²) in [6, 6.07) is 18.6. The first-order valence-electron chi connectivity index (χ1n) is 14.9. The number of ether oxygens (including phenoxy) is 1. The summed E-state index contributed by atoms with van der Waals surface area (Å²) in [4.78, 5) is 32.6. The highest BCUT2D eigenvalue weighted by Crippen LogP contribution is 2.30. The van der Waals surface area contributed by atoms with Crippen molar-refractivity contribution in [2.75, 3.05) is 45.9 Å². The molecule has 3 aromatic carbocycles. The number of benzene rings is 3. The fraction of sp³-hybridized carbons (Fsp3) is 0.344. The van der Waals surface area contributed by atoms with E-state index < -0.39 is 34.8 Å². The van der Waals surface area contributed by atoms with E-state index in [0.29, 0.717) is 22.6 Å². The van der Waals surface area contributed by atoms with E-state index in [0.717, 1.165) is 49.3 Å². The van der Waals surface area contributed by atoms with Crippen LogP contribution in [0.3, 0.4) is 0 Å². The van der Waals surface area contributed by atoms with Gasteiger partial charge in [0.15, 0.2) is 0 Å². The molecular weight excluding hydrogens is 618 g/mol. The van der Waals surface area contributed by atoms with Crippen molar-refractivity contribution in [3.05, 3.63) is 94.4 Å². The van der Waals surface area contributed by atoms with Crippen LogP contribution in [0.15, 0.2) is 82.5 Å². The summed E-state index contributed by atoms with van der Waals surface area (Å²) in [6.45, 7) is 3.57. The monoisotopic (exact) mass is 650 g/mol. The standard InChI is InChI=1S/C32H32F2N6O5S/c33-29(34)21-45-25-7-9-26(10-8-25)46(43,44)40-27-11-6-22(19-35)18-28(27)39(32(40)42)30(23-4-2-1-3-5-23)31(41)38-15-12-24(20-38)37-16-13-36-14-17-37/h1-11,18,24,29-30,36H,12-17,20-21H2. The van der Waals surface area contributed by atoms with E-state index in [-0.39, 0.29) is 39.2 Å². The van der Waals surface area contributed by atoms with E-state index in [1.807, 2.05) is 6.07 Å². The number of carbonyl (C=O) groups excluding carboxylic acids is 1. The zero-order valence-electron chi connectivity index (χ0n) is 24.8. The summed E-state index contributed by atoms with van der Waals surface area (Å²) in [5.74, 6) is -0.322. The summed E-state index contributed by atoms with van der Waals surface area (Å²) < 4.78 is 60.0. The molecule has 0 aliphatic carbocycles. The highest BCUT2D eigenvalue weighted by Gasteiger charge is 2.38. The van der Waals surface area contributed by atoms with Gasteiger partial charge in [0, 0.05) is 45.3 Å². The minimum atomic E-state index is -4.57. The number of nitriles is 1. The predicted molar refractivity (Wildman–Crippen MR) is 165 cm³/mol. The Morgan fingerprint density at radius 3 is 2.39 bits per heavy atom. The third-order valence-electron chi connectivity index (χ3n) is 8.45. The van der Waals surface area contributed by atoms with Crippen molar-refractivity contribution in [2.45, 2.75) is 29.8 Å². The number of alkyl halides is 2. The summed E-state index contributed by atoms with van der Waals surface area (Å²) in [5, 5.41) is 13.0. The summed E-state index contributed by atoms with van der Waals surface area (Å²) >= 11 is 0. The Morgan fingerprint density at radius 2 is 1.72 bits per heavy atom. The first-order valence-corrected chi connectivity index (χ1v) is 16.3. The highest BCUT2D eigenvalue weighted by molar-refractivity contribution is 7.90. The number of likely N-dealkylation sites (tertiary alicyclic amines) is 1. The Kier molecular flexibility index (Phi) is 8.90. The van der Waals surface area contributed by atoms with E-state index in [4.69, 9.17) is 4.74 Å². The van der Waals surface area contributed by atoms with E-state index in [1.54, 1.807) is 35.2 Å². The van der Waals surface area contributed by atoms with Gasteiger partial charge in [-0.2, -0.15) is 9.23 Å². The maximum atomic E-state index is 14.4. The molecule has 14 heteroatoms. The van der Waals surface area contributed by atoms with E-state index >= 15 is 0 Å². The number of amides is 1. The van der Waals surface area contributed by atoms with Gasteiger partial charge in [-0.15, -0.1) is 0 Å². The maximum absolute atomic E-state index is 14.4. The maximum Gasteiger partial charge on any atom is 0.344 e. The van der Waals surface area contributed by atoms with Crippen LogP contribution in [0, 0.1) is 11.3 Å². The molecule has 2 saturated heterocycles. The van der Waals surface area contributed by atoms with E-state index in [2.05, 4.69) is 10.2 Å². The molecular formula is C32H32F2N6O5S. The normalized spacial score (nSPS) is 18.1. The molecule has 11 nitrogen and oxygen atoms in total. The molecule has 1 amide bonds. The number of hydrogen-bond donors (Lipinski definition) is 1. The lowest BCUT2D eigenvalue weighted by atomic mass is 10.0. The molecule has 2 aliphatic rings. The van der Waals surface area contributed by atoms with Crippen LogP contribution < -0.4 is 15.7 Å². The molecule has 2 aliphatic heterocycles. The zero-order valence-corrected chi connectivity index (χ0v) is 25.6. The van der Waals surface area contributed by atoms with Gasteiger partial charge >= 0.3 is 5.69 Å². The van der Waals surface area contributed by atoms with Crippen LogP contribution in [-0.2, 0) is 14.8 Å². The van der Waals surface area contributed by atoms with Crippen LogP contribution in [0.25, 0.3) is 11.0 Å². The number of rotatable bonds is 9. The van der Waals surface area contributed by atoms with E-state index in [1.165, 1.54) is 30.3 Å². The number of imidazole rings is 1. The van der Waals surface area contributed by atoms with Crippen molar-refractivity contribution in [1.29, 1.82) is 5.26 Å². The largest absolute Gasteiger partial charge is 0.488 e. The number of fused-ring (bicyclic) bond motifs is 1. The molecule has 1 aromatic heterocycles. The number of aromatic nitrogens is 2. The van der Waals surface area contributed by atoms with Crippen molar-refractivity contribution in [2.24, 2.45) is 0 Å². The van der Waals surface area contributed by atoms with Gasteiger partial charge in [-0.1, -0.05) is 30.3 Å². The minimum absolute atomic E-state index is 0.0177. The topological polar surface area (TPSA) is 130 Å². The number of piperazine rings is 1. The molecule has 0 spiro atoms. The predicted octanol–water partition coefficient (Wildman–Crippen LogP) is 2.65. The van der Waals surface area contributed by atoms with Gasteiger partial charge in [0.2, 0.25) is 0 Å². The fourth-order valence-corrected chi connectivity index (χ4v) is 7.61. The van der Waals surface area contributed by atoms with Crippen molar-refractivity contribution in [3.8, 4) is 11.8 Å². The summed E-state index contributed by atoms with van der Waals surface area (Å²) in [5.41, 5.74) is -0.237. The minimum Gasteiger partial charge on any atom is -0.488 e. The van der Waals surface area contributed by atoms with Gasteiger partial charge in [-0.3, -0.25) is 14.3 Å². The molecule has 240 valence electrons. The van der Waals surface area contributed by atoms with Crippen molar-refractivity contribution >= 4 is 27.0 Å². The molecule has 0 bridgehead atoms. The van der Waals surface area contributed by atoms with Crippen LogP contribution in [0.5, 0.6) is 5.75 Å². The SMILES string of the molecule is N#Cc1ccc2c(c1)n(C(C(=O)N1CCC(N3CCNCC3)C1)c1ccccc1)c(=O)n2S(=O)(=O)c1ccc(OCC(F)F)cc1. The highest BCUT2D eigenvalue weighted by atomic mass is 32.2. The number of nitrogens with zero attached hydrogens (tertiary/aromatic N) is 5. The van der Waals surface area contributed by atoms with Crippen LogP contribution >= 0.6 is 0 Å². The Labute approximate surface area is 264 Å². The van der Waals surface area contributed by atoms with Gasteiger partial charge in [-0.05, 0) is 54.4 Å². The van der Waals surface area contributed by atoms with Crippen molar-refractivity contribution in [1.82, 2.24) is 23.7 Å². The molecule has 2 fully saturated rings. The third kappa shape index (κ3) is 6.01. The molecule has 0 saturated carbocycles. The average Bonchev–Trinajstić information content (AvgIpc) is 3.68. The van der Waals surface area contributed by atoms with Gasteiger partial charge in [-0.25, -0.2) is 22.0 Å².